The molecule has 0 N–H and O–H groups in total. The summed E-state index contributed by atoms with van der Waals surface area (Å²) in [6, 6.07) is 8.91. The van der Waals surface area contributed by atoms with Crippen molar-refractivity contribution in [2.45, 2.75) is 35.9 Å². The molecule has 1 atom stereocenters. The number of halogens is 6. The minimum absolute atomic E-state index is 0.0763. The number of amides is 1. The van der Waals surface area contributed by atoms with E-state index in [-0.39, 0.29) is 33.1 Å². The van der Waals surface area contributed by atoms with Crippen molar-refractivity contribution in [1.29, 1.82) is 0 Å². The Kier molecular flexibility index (Phi) is 6.98. The molecule has 0 spiro atoms. The largest absolute Gasteiger partial charge is 0.435 e. The molecule has 176 valence electrons. The van der Waals surface area contributed by atoms with E-state index in [9.17, 15) is 18.0 Å². The van der Waals surface area contributed by atoms with E-state index in [2.05, 4.69) is 21.1 Å². The number of benzene rings is 2. The maximum atomic E-state index is 14.2. The zero-order valence-corrected chi connectivity index (χ0v) is 21.2. The van der Waals surface area contributed by atoms with Gasteiger partial charge in [-0.25, -0.2) is 0 Å². The van der Waals surface area contributed by atoms with Crippen LogP contribution >= 0.6 is 50.9 Å². The van der Waals surface area contributed by atoms with E-state index in [1.807, 2.05) is 0 Å². The lowest BCUT2D eigenvalue weighted by Crippen LogP contribution is -2.42. The maximum absolute atomic E-state index is 14.2. The molecule has 1 aliphatic heterocycles. The Bertz CT molecular complexity index is 1110. The van der Waals surface area contributed by atoms with E-state index in [1.54, 1.807) is 30.1 Å². The van der Waals surface area contributed by atoms with Gasteiger partial charge in [0, 0.05) is 49.9 Å². The highest BCUT2D eigenvalue weighted by molar-refractivity contribution is 9.10. The van der Waals surface area contributed by atoms with Crippen molar-refractivity contribution in [3.05, 3.63) is 62.0 Å². The van der Waals surface area contributed by atoms with Gasteiger partial charge < -0.3 is 9.74 Å². The second kappa shape index (κ2) is 9.32. The molecule has 0 radical (unpaired) electrons. The first kappa shape index (κ1) is 24.7. The molecular weight excluding hydrogens is 564 g/mol. The molecule has 11 heteroatoms. The Morgan fingerprint density at radius 1 is 1.24 bits per heavy atom. The molecule has 4 nitrogen and oxygen atoms in total. The molecule has 1 heterocycles. The fourth-order valence-corrected chi connectivity index (χ4v) is 5.58. The van der Waals surface area contributed by atoms with Gasteiger partial charge in [-0.2, -0.15) is 13.2 Å². The van der Waals surface area contributed by atoms with Crippen LogP contribution in [0.4, 0.5) is 13.2 Å². The third-order valence-electron chi connectivity index (χ3n) is 5.50. The van der Waals surface area contributed by atoms with Gasteiger partial charge in [0.15, 0.2) is 0 Å². The second-order valence-corrected chi connectivity index (χ2v) is 10.7. The summed E-state index contributed by atoms with van der Waals surface area (Å²) < 4.78 is 43.2. The number of rotatable bonds is 6. The number of hydrogen-bond donors (Lipinski definition) is 0. The zero-order chi connectivity index (χ0) is 24.0. The third kappa shape index (κ3) is 5.16. The molecule has 2 aromatic carbocycles. The molecule has 1 fully saturated rings. The summed E-state index contributed by atoms with van der Waals surface area (Å²) in [6.45, 7) is 0. The molecule has 0 bridgehead atoms. The van der Waals surface area contributed by atoms with Crippen molar-refractivity contribution in [1.82, 2.24) is 4.90 Å². The van der Waals surface area contributed by atoms with Crippen LogP contribution in [0.15, 0.2) is 50.9 Å². The van der Waals surface area contributed by atoms with Gasteiger partial charge in [0.25, 0.3) is 5.60 Å². The van der Waals surface area contributed by atoms with Crippen molar-refractivity contribution in [2.75, 3.05) is 12.9 Å². The molecule has 1 amide bonds. The SMILES string of the molecule is CN(CSc1ccc(C2=NOC(c3cc(Cl)cc(Cl)c3)(C(F)(F)F)C2)cc1Br)C(=O)C1CC1. The fraction of sp³-hybridized carbons (Fsp3) is 0.364. The lowest BCUT2D eigenvalue weighted by atomic mass is 9.86. The lowest BCUT2D eigenvalue weighted by Gasteiger charge is -2.29. The van der Waals surface area contributed by atoms with E-state index in [4.69, 9.17) is 28.0 Å². The lowest BCUT2D eigenvalue weighted by molar-refractivity contribution is -0.275. The van der Waals surface area contributed by atoms with Crippen LogP contribution in [0.1, 0.15) is 30.4 Å². The highest BCUT2D eigenvalue weighted by Gasteiger charge is 2.62. The topological polar surface area (TPSA) is 41.9 Å². The molecule has 4 rings (SSSR count). The average Bonchev–Trinajstić information content (AvgIpc) is 3.47. The first-order valence-corrected chi connectivity index (χ1v) is 12.5. The van der Waals surface area contributed by atoms with Crippen molar-refractivity contribution in [3.63, 3.8) is 0 Å². The van der Waals surface area contributed by atoms with Crippen LogP contribution in [0.2, 0.25) is 10.0 Å². The standard InChI is InChI=1S/C22H18BrCl2F3N2O2S/c1-30(20(31)12-2-3-12)11-33-19-5-4-13(6-17(19)23)18-10-21(32-29-18,22(26,27)28)14-7-15(24)9-16(25)8-14/h4-9,12H,2-3,10-11H2,1H3. The van der Waals surface area contributed by atoms with Gasteiger partial charge in [0.05, 0.1) is 11.6 Å². The van der Waals surface area contributed by atoms with Crippen molar-refractivity contribution >= 4 is 62.5 Å². The number of hydrogen-bond acceptors (Lipinski definition) is 4. The molecule has 1 unspecified atom stereocenters. The van der Waals surface area contributed by atoms with E-state index in [0.717, 1.165) is 17.7 Å². The number of carbonyl (C=O) groups excluding carboxylic acids is 1. The summed E-state index contributed by atoms with van der Waals surface area (Å²) in [4.78, 5) is 19.7. The summed E-state index contributed by atoms with van der Waals surface area (Å²) in [7, 11) is 1.76. The molecular formula is C22H18BrCl2F3N2O2S. The van der Waals surface area contributed by atoms with Gasteiger partial charge in [0.2, 0.25) is 5.91 Å². The van der Waals surface area contributed by atoms with Crippen LogP contribution in [0.25, 0.3) is 0 Å². The highest BCUT2D eigenvalue weighted by Crippen LogP contribution is 2.50. The Morgan fingerprint density at radius 3 is 2.48 bits per heavy atom. The quantitative estimate of drug-likeness (QED) is 0.266. The van der Waals surface area contributed by atoms with Gasteiger partial charge in [-0.1, -0.05) is 34.4 Å². The molecule has 0 aromatic heterocycles. The number of alkyl halides is 3. The Balaban J connectivity index is 1.52. The maximum Gasteiger partial charge on any atom is 0.435 e. The second-order valence-electron chi connectivity index (χ2n) is 8.02. The summed E-state index contributed by atoms with van der Waals surface area (Å²) in [5, 5.41) is 3.94. The number of oxime groups is 1. The Hall–Kier alpha value is -1.42. The number of carbonyl (C=O) groups is 1. The van der Waals surface area contributed by atoms with Crippen LogP contribution in [-0.4, -0.2) is 35.6 Å². The monoisotopic (exact) mass is 580 g/mol. The van der Waals surface area contributed by atoms with E-state index in [0.29, 0.717) is 15.9 Å². The molecule has 2 aliphatic rings. The van der Waals surface area contributed by atoms with Gasteiger partial charge in [-0.05, 0) is 59.1 Å². The number of nitrogens with zero attached hydrogens (tertiary/aromatic N) is 2. The molecule has 1 aliphatic carbocycles. The van der Waals surface area contributed by atoms with Crippen molar-refractivity contribution in [2.24, 2.45) is 11.1 Å². The van der Waals surface area contributed by atoms with Gasteiger partial charge >= 0.3 is 6.18 Å². The van der Waals surface area contributed by atoms with Crippen LogP contribution < -0.4 is 0 Å². The Morgan fingerprint density at radius 2 is 1.91 bits per heavy atom. The number of thioether (sulfide) groups is 1. The predicted molar refractivity (Wildman–Crippen MR) is 127 cm³/mol. The van der Waals surface area contributed by atoms with Crippen LogP contribution in [-0.2, 0) is 15.2 Å². The van der Waals surface area contributed by atoms with Crippen molar-refractivity contribution in [3.8, 4) is 0 Å². The van der Waals surface area contributed by atoms with Gasteiger partial charge in [-0.15, -0.1) is 11.8 Å². The molecule has 33 heavy (non-hydrogen) atoms. The minimum Gasteiger partial charge on any atom is -0.374 e. The highest BCUT2D eigenvalue weighted by atomic mass is 79.9. The van der Waals surface area contributed by atoms with Crippen LogP contribution in [0.3, 0.4) is 0 Å². The van der Waals surface area contributed by atoms with Crippen molar-refractivity contribution < 1.29 is 22.8 Å². The summed E-state index contributed by atoms with van der Waals surface area (Å²) in [5.41, 5.74) is -2.24. The first-order chi connectivity index (χ1) is 15.5. The molecule has 0 saturated heterocycles. The smallest absolute Gasteiger partial charge is 0.374 e. The van der Waals surface area contributed by atoms with Crippen LogP contribution in [0, 0.1) is 5.92 Å². The predicted octanol–water partition coefficient (Wildman–Crippen LogP) is 7.26. The third-order valence-corrected chi connectivity index (χ3v) is 8.03. The van der Waals surface area contributed by atoms with E-state index in [1.165, 1.54) is 30.0 Å². The normalized spacial score (nSPS) is 20.4. The first-order valence-electron chi connectivity index (χ1n) is 9.96. The van der Waals surface area contributed by atoms with Crippen LogP contribution in [0.5, 0.6) is 0 Å². The minimum atomic E-state index is -4.75. The average molecular weight is 582 g/mol. The summed E-state index contributed by atoms with van der Waals surface area (Å²) in [6.07, 6.45) is -3.39. The summed E-state index contributed by atoms with van der Waals surface area (Å²) in [5.74, 6) is 0.756. The van der Waals surface area contributed by atoms with Gasteiger partial charge in [-0.3, -0.25) is 4.79 Å². The van der Waals surface area contributed by atoms with E-state index >= 15 is 0 Å². The summed E-state index contributed by atoms with van der Waals surface area (Å²) >= 11 is 16.8. The zero-order valence-electron chi connectivity index (χ0n) is 17.3. The molecule has 1 saturated carbocycles. The van der Waals surface area contributed by atoms with E-state index < -0.39 is 18.2 Å². The fourth-order valence-electron chi connectivity index (χ4n) is 3.51. The van der Waals surface area contributed by atoms with Gasteiger partial charge in [0.1, 0.15) is 0 Å². The molecule has 2 aromatic rings. The Labute approximate surface area is 211 Å².